The minimum atomic E-state index is -3.30. The molecule has 7 nitrogen and oxygen atoms in total. The highest BCUT2D eigenvalue weighted by molar-refractivity contribution is 7.90. The first-order chi connectivity index (χ1) is 14.1. The molecule has 1 heterocycles. The molecule has 1 amide bonds. The van der Waals surface area contributed by atoms with Crippen LogP contribution in [0.3, 0.4) is 0 Å². The zero-order chi connectivity index (χ0) is 21.9. The summed E-state index contributed by atoms with van der Waals surface area (Å²) in [5, 5.41) is 12.1. The Morgan fingerprint density at radius 3 is 2.20 bits per heavy atom. The van der Waals surface area contributed by atoms with Gasteiger partial charge in [-0.25, -0.2) is 18.2 Å². The van der Waals surface area contributed by atoms with Crippen LogP contribution in [-0.2, 0) is 14.6 Å². The first kappa shape index (κ1) is 21.4. The van der Waals surface area contributed by atoms with Gasteiger partial charge >= 0.3 is 5.97 Å². The molecule has 0 saturated carbocycles. The van der Waals surface area contributed by atoms with Crippen LogP contribution in [0.4, 0.5) is 5.13 Å². The van der Waals surface area contributed by atoms with E-state index in [-0.39, 0.29) is 16.4 Å². The summed E-state index contributed by atoms with van der Waals surface area (Å²) in [6.45, 7) is 1.39. The number of carbonyl (C=O) groups excluding carboxylic acids is 1. The lowest BCUT2D eigenvalue weighted by Gasteiger charge is -2.02. The fourth-order valence-electron chi connectivity index (χ4n) is 2.62. The van der Waals surface area contributed by atoms with Gasteiger partial charge in [-0.2, -0.15) is 0 Å². The summed E-state index contributed by atoms with van der Waals surface area (Å²) in [6.07, 6.45) is 4.69. The maximum absolute atomic E-state index is 11.7. The van der Waals surface area contributed by atoms with E-state index in [9.17, 15) is 18.0 Å². The minimum absolute atomic E-state index is 0.195. The zero-order valence-electron chi connectivity index (χ0n) is 16.1. The van der Waals surface area contributed by atoms with Crippen LogP contribution in [0.5, 0.6) is 0 Å². The van der Waals surface area contributed by atoms with E-state index < -0.39 is 15.8 Å². The quantitative estimate of drug-likeness (QED) is 0.596. The summed E-state index contributed by atoms with van der Waals surface area (Å²) in [6, 6.07) is 12.8. The number of hydrogen-bond acceptors (Lipinski definition) is 6. The normalized spacial score (nSPS) is 11.5. The highest BCUT2D eigenvalue weighted by Crippen LogP contribution is 2.34. The van der Waals surface area contributed by atoms with Gasteiger partial charge in [-0.3, -0.25) is 4.79 Å². The molecule has 154 valence electrons. The molecule has 0 unspecified atom stereocenters. The van der Waals surface area contributed by atoms with Crippen molar-refractivity contribution in [1.29, 1.82) is 0 Å². The molecule has 1 aromatic heterocycles. The summed E-state index contributed by atoms with van der Waals surface area (Å²) in [4.78, 5) is 27.8. The minimum Gasteiger partial charge on any atom is -0.478 e. The summed E-state index contributed by atoms with van der Waals surface area (Å²) in [7, 11) is -3.30. The maximum Gasteiger partial charge on any atom is 0.335 e. The molecule has 0 aliphatic rings. The van der Waals surface area contributed by atoms with Gasteiger partial charge in [-0.1, -0.05) is 41.7 Å². The van der Waals surface area contributed by atoms with Gasteiger partial charge in [0.25, 0.3) is 0 Å². The number of thiazole rings is 1. The Bertz CT molecular complexity index is 1230. The Balaban J connectivity index is 1.97. The second-order valence-corrected chi connectivity index (χ2v) is 9.49. The average molecular weight is 443 g/mol. The number of rotatable bonds is 6. The fourth-order valence-corrected chi connectivity index (χ4v) is 4.26. The van der Waals surface area contributed by atoms with Crippen molar-refractivity contribution in [2.45, 2.75) is 11.8 Å². The predicted molar refractivity (Wildman–Crippen MR) is 117 cm³/mol. The molecule has 0 saturated heterocycles. The monoisotopic (exact) mass is 442 g/mol. The van der Waals surface area contributed by atoms with Crippen LogP contribution in [0.25, 0.3) is 22.6 Å². The molecule has 2 aromatic carbocycles. The summed E-state index contributed by atoms with van der Waals surface area (Å²) in [5.74, 6) is -1.24. The van der Waals surface area contributed by atoms with Crippen LogP contribution in [0.15, 0.2) is 53.4 Å². The van der Waals surface area contributed by atoms with Gasteiger partial charge in [0.05, 0.1) is 21.0 Å². The molecular weight excluding hydrogens is 424 g/mol. The Morgan fingerprint density at radius 2 is 1.67 bits per heavy atom. The number of carboxylic acid groups (broad SMARTS) is 1. The topological polar surface area (TPSA) is 113 Å². The van der Waals surface area contributed by atoms with E-state index >= 15 is 0 Å². The van der Waals surface area contributed by atoms with Crippen molar-refractivity contribution >= 4 is 50.3 Å². The Morgan fingerprint density at radius 1 is 1.03 bits per heavy atom. The van der Waals surface area contributed by atoms with Crippen molar-refractivity contribution in [3.63, 3.8) is 0 Å². The number of amides is 1. The van der Waals surface area contributed by atoms with Crippen molar-refractivity contribution in [2.24, 2.45) is 0 Å². The number of aromatic nitrogens is 1. The first-order valence-electron chi connectivity index (χ1n) is 8.74. The van der Waals surface area contributed by atoms with Crippen LogP contribution >= 0.6 is 11.3 Å². The van der Waals surface area contributed by atoms with E-state index in [1.807, 2.05) is 0 Å². The largest absolute Gasteiger partial charge is 0.478 e. The van der Waals surface area contributed by atoms with E-state index in [4.69, 9.17) is 5.11 Å². The Labute approximate surface area is 177 Å². The highest BCUT2D eigenvalue weighted by atomic mass is 32.2. The molecule has 9 heteroatoms. The molecule has 30 heavy (non-hydrogen) atoms. The van der Waals surface area contributed by atoms with Crippen LogP contribution in [0, 0.1) is 0 Å². The number of carboxylic acids is 1. The molecule has 0 spiro atoms. The van der Waals surface area contributed by atoms with E-state index in [0.29, 0.717) is 10.8 Å². The average Bonchev–Trinajstić information content (AvgIpc) is 3.08. The molecule has 2 N–H and O–H groups in total. The van der Waals surface area contributed by atoms with E-state index in [1.165, 1.54) is 42.5 Å². The lowest BCUT2D eigenvalue weighted by molar-refractivity contribution is -0.114. The molecule has 0 bridgehead atoms. The lowest BCUT2D eigenvalue weighted by atomic mass is 10.1. The second-order valence-electron chi connectivity index (χ2n) is 6.47. The molecule has 3 aromatic rings. The molecule has 0 atom stereocenters. The third-order valence-corrected chi connectivity index (χ3v) is 6.24. The summed E-state index contributed by atoms with van der Waals surface area (Å²) in [5.41, 5.74) is 2.34. The van der Waals surface area contributed by atoms with E-state index in [1.54, 1.807) is 36.4 Å². The predicted octanol–water partition coefficient (Wildman–Crippen LogP) is 4.04. The maximum atomic E-state index is 11.7. The van der Waals surface area contributed by atoms with Gasteiger partial charge in [-0.05, 0) is 41.5 Å². The number of sulfone groups is 1. The molecular formula is C21H18N2O5S2. The van der Waals surface area contributed by atoms with Crippen molar-refractivity contribution in [3.05, 3.63) is 65.4 Å². The molecule has 0 aliphatic heterocycles. The Kier molecular flexibility index (Phi) is 6.14. The third-order valence-electron chi connectivity index (χ3n) is 4.07. The van der Waals surface area contributed by atoms with Crippen molar-refractivity contribution in [2.75, 3.05) is 11.6 Å². The smallest absolute Gasteiger partial charge is 0.335 e. The van der Waals surface area contributed by atoms with E-state index in [0.717, 1.165) is 22.3 Å². The number of nitrogens with one attached hydrogen (secondary N) is 1. The van der Waals surface area contributed by atoms with Gasteiger partial charge in [-0.15, -0.1) is 0 Å². The molecule has 3 rings (SSSR count). The van der Waals surface area contributed by atoms with Crippen molar-refractivity contribution < 1.29 is 23.1 Å². The van der Waals surface area contributed by atoms with Gasteiger partial charge in [0.2, 0.25) is 5.91 Å². The van der Waals surface area contributed by atoms with Gasteiger partial charge in [0.1, 0.15) is 0 Å². The van der Waals surface area contributed by atoms with Crippen LogP contribution in [0.1, 0.15) is 28.5 Å². The number of aromatic carboxylic acids is 1. The molecule has 0 aliphatic carbocycles. The molecule has 0 radical (unpaired) electrons. The first-order valence-corrected chi connectivity index (χ1v) is 11.4. The number of nitrogens with zero attached hydrogens (tertiary/aromatic N) is 1. The number of carbonyl (C=O) groups is 2. The lowest BCUT2D eigenvalue weighted by Crippen LogP contribution is -2.04. The number of benzene rings is 2. The van der Waals surface area contributed by atoms with Crippen LogP contribution in [-0.4, -0.2) is 36.6 Å². The SMILES string of the molecule is CC(=O)Nc1nc(/C=C/c2ccc(C(=O)O)cc2)c(-c2ccc(S(C)(=O)=O)cc2)s1. The zero-order valence-corrected chi connectivity index (χ0v) is 17.8. The standard InChI is InChI=1S/C21H18N2O5S2/c1-13(24)22-21-23-18(12-5-14-3-6-16(7-4-14)20(25)26)19(29-21)15-8-10-17(11-9-15)30(2,27)28/h3-12H,1-2H3,(H,25,26)(H,22,23,24)/b12-5+. The van der Waals surface area contributed by atoms with Gasteiger partial charge < -0.3 is 10.4 Å². The van der Waals surface area contributed by atoms with Crippen molar-refractivity contribution in [1.82, 2.24) is 4.98 Å². The van der Waals surface area contributed by atoms with Gasteiger partial charge in [0, 0.05) is 13.2 Å². The van der Waals surface area contributed by atoms with E-state index in [2.05, 4.69) is 10.3 Å². The number of anilines is 1. The van der Waals surface area contributed by atoms with Gasteiger partial charge in [0.15, 0.2) is 15.0 Å². The van der Waals surface area contributed by atoms with Crippen LogP contribution in [0.2, 0.25) is 0 Å². The summed E-state index contributed by atoms with van der Waals surface area (Å²) >= 11 is 1.27. The Hall–Kier alpha value is -3.30. The molecule has 0 fully saturated rings. The highest BCUT2D eigenvalue weighted by Gasteiger charge is 2.14. The van der Waals surface area contributed by atoms with Crippen LogP contribution < -0.4 is 5.32 Å². The summed E-state index contributed by atoms with van der Waals surface area (Å²) < 4.78 is 23.4. The third kappa shape index (κ3) is 5.19. The van der Waals surface area contributed by atoms with Crippen molar-refractivity contribution in [3.8, 4) is 10.4 Å². The second kappa shape index (κ2) is 8.60. The number of hydrogen-bond donors (Lipinski definition) is 2. The fraction of sp³-hybridized carbons (Fsp3) is 0.0952.